The number of nitro groups is 1. The number of halogens is 2. The molecule has 0 spiro atoms. The van der Waals surface area contributed by atoms with Gasteiger partial charge in [-0.05, 0) is 42.0 Å². The number of nitrogens with zero attached hydrogens (tertiary/aromatic N) is 4. The van der Waals surface area contributed by atoms with Crippen LogP contribution < -0.4 is 4.90 Å². The zero-order valence-corrected chi connectivity index (χ0v) is 17.9. The number of hydrogen-bond donors (Lipinski definition) is 0. The molecule has 7 nitrogen and oxygen atoms in total. The van der Waals surface area contributed by atoms with Crippen molar-refractivity contribution in [1.82, 2.24) is 9.88 Å². The number of non-ortho nitro benzene ring substituents is 1. The van der Waals surface area contributed by atoms with Crippen molar-refractivity contribution in [2.75, 3.05) is 31.1 Å². The van der Waals surface area contributed by atoms with Crippen molar-refractivity contribution in [3.63, 3.8) is 0 Å². The largest absolute Gasteiger partial charge is 0.366 e. The van der Waals surface area contributed by atoms with Crippen molar-refractivity contribution >= 4 is 57.5 Å². The number of carbonyl (C=O) groups excluding carboxylic acids is 1. The molecule has 2 heterocycles. The molecule has 2 aromatic carbocycles. The van der Waals surface area contributed by atoms with E-state index in [0.29, 0.717) is 47.1 Å². The molecule has 31 heavy (non-hydrogen) atoms. The molecule has 1 aliphatic rings. The van der Waals surface area contributed by atoms with Gasteiger partial charge in [0.25, 0.3) is 5.69 Å². The minimum absolute atomic E-state index is 0.0339. The first-order valence-corrected chi connectivity index (χ1v) is 10.4. The molecular weight excluding hydrogens is 439 g/mol. The Morgan fingerprint density at radius 2 is 1.87 bits per heavy atom. The Bertz CT molecular complexity index is 1190. The molecule has 1 aromatic heterocycles. The van der Waals surface area contributed by atoms with Crippen LogP contribution in [0.3, 0.4) is 0 Å². The van der Waals surface area contributed by atoms with E-state index in [0.717, 1.165) is 11.3 Å². The lowest BCUT2D eigenvalue weighted by atomic mass is 10.1. The lowest BCUT2D eigenvalue weighted by molar-refractivity contribution is -0.383. The summed E-state index contributed by atoms with van der Waals surface area (Å²) in [5.41, 5.74) is 2.18. The Morgan fingerprint density at radius 1 is 1.10 bits per heavy atom. The number of benzene rings is 2. The molecule has 1 fully saturated rings. The van der Waals surface area contributed by atoms with Gasteiger partial charge in [-0.15, -0.1) is 0 Å². The van der Waals surface area contributed by atoms with Crippen molar-refractivity contribution in [3.8, 4) is 0 Å². The van der Waals surface area contributed by atoms with Gasteiger partial charge < -0.3 is 9.80 Å². The van der Waals surface area contributed by atoms with E-state index >= 15 is 0 Å². The van der Waals surface area contributed by atoms with E-state index in [-0.39, 0.29) is 11.6 Å². The van der Waals surface area contributed by atoms with Crippen LogP contribution in [0.4, 0.5) is 11.4 Å². The van der Waals surface area contributed by atoms with Crippen molar-refractivity contribution in [1.29, 1.82) is 0 Å². The number of piperazine rings is 1. The van der Waals surface area contributed by atoms with Gasteiger partial charge >= 0.3 is 0 Å². The van der Waals surface area contributed by atoms with Gasteiger partial charge in [-0.3, -0.25) is 19.9 Å². The molecule has 0 saturated carbocycles. The molecule has 1 amide bonds. The van der Waals surface area contributed by atoms with Gasteiger partial charge in [0.2, 0.25) is 5.91 Å². The molecule has 0 unspecified atom stereocenters. The molecule has 1 saturated heterocycles. The van der Waals surface area contributed by atoms with Crippen molar-refractivity contribution in [3.05, 3.63) is 80.5 Å². The van der Waals surface area contributed by atoms with Crippen LogP contribution in [0.25, 0.3) is 17.0 Å². The Morgan fingerprint density at radius 3 is 2.58 bits per heavy atom. The number of aromatic nitrogens is 1. The Kier molecular flexibility index (Phi) is 6.06. The maximum absolute atomic E-state index is 12.6. The quantitative estimate of drug-likeness (QED) is 0.319. The summed E-state index contributed by atoms with van der Waals surface area (Å²) >= 11 is 12.0. The van der Waals surface area contributed by atoms with Crippen molar-refractivity contribution < 1.29 is 9.72 Å². The topological polar surface area (TPSA) is 79.6 Å². The molecule has 0 radical (unpaired) electrons. The number of carbonyl (C=O) groups is 1. The lowest BCUT2D eigenvalue weighted by Gasteiger charge is -2.36. The number of rotatable bonds is 4. The highest BCUT2D eigenvalue weighted by atomic mass is 35.5. The van der Waals surface area contributed by atoms with Crippen LogP contribution in [0.1, 0.15) is 5.56 Å². The SMILES string of the molecule is O=C(C=Cc1ccc(Cl)cc1Cl)N1CCN(c2ccc([N+](=O)[O-])c3cccnc23)CC1. The summed E-state index contributed by atoms with van der Waals surface area (Å²) in [6.07, 6.45) is 4.82. The summed E-state index contributed by atoms with van der Waals surface area (Å²) in [5.74, 6) is -0.0997. The lowest BCUT2D eigenvalue weighted by Crippen LogP contribution is -2.48. The number of fused-ring (bicyclic) bond motifs is 1. The Balaban J connectivity index is 1.46. The van der Waals surface area contributed by atoms with E-state index in [9.17, 15) is 14.9 Å². The average molecular weight is 457 g/mol. The van der Waals surface area contributed by atoms with E-state index < -0.39 is 4.92 Å². The van der Waals surface area contributed by atoms with Gasteiger partial charge in [-0.1, -0.05) is 29.3 Å². The summed E-state index contributed by atoms with van der Waals surface area (Å²) < 4.78 is 0. The fourth-order valence-corrected chi connectivity index (χ4v) is 4.10. The van der Waals surface area contributed by atoms with Gasteiger partial charge in [0.1, 0.15) is 5.52 Å². The van der Waals surface area contributed by atoms with Crippen LogP contribution in [0.5, 0.6) is 0 Å². The molecule has 0 aliphatic carbocycles. The van der Waals surface area contributed by atoms with Gasteiger partial charge in [0, 0.05) is 54.6 Å². The van der Waals surface area contributed by atoms with Gasteiger partial charge in [0.05, 0.1) is 16.0 Å². The highest BCUT2D eigenvalue weighted by molar-refractivity contribution is 6.35. The number of amides is 1. The molecule has 158 valence electrons. The second-order valence-corrected chi connectivity index (χ2v) is 7.92. The zero-order valence-electron chi connectivity index (χ0n) is 16.4. The molecule has 9 heteroatoms. The van der Waals surface area contributed by atoms with Crippen LogP contribution in [0, 0.1) is 10.1 Å². The smallest absolute Gasteiger partial charge is 0.278 e. The number of hydrogen-bond acceptors (Lipinski definition) is 5. The molecule has 0 atom stereocenters. The third-order valence-electron chi connectivity index (χ3n) is 5.22. The monoisotopic (exact) mass is 456 g/mol. The number of anilines is 1. The minimum Gasteiger partial charge on any atom is -0.366 e. The minimum atomic E-state index is -0.399. The van der Waals surface area contributed by atoms with Crippen LogP contribution in [-0.2, 0) is 4.79 Å². The van der Waals surface area contributed by atoms with E-state index in [1.807, 2.05) is 0 Å². The Hall–Kier alpha value is -3.16. The van der Waals surface area contributed by atoms with Crippen molar-refractivity contribution in [2.24, 2.45) is 0 Å². The summed E-state index contributed by atoms with van der Waals surface area (Å²) in [4.78, 5) is 31.7. The van der Waals surface area contributed by atoms with Crippen LogP contribution in [-0.4, -0.2) is 46.9 Å². The third-order valence-corrected chi connectivity index (χ3v) is 5.78. The van der Waals surface area contributed by atoms with Gasteiger partial charge in [0.15, 0.2) is 0 Å². The maximum Gasteiger partial charge on any atom is 0.278 e. The van der Waals surface area contributed by atoms with E-state index in [4.69, 9.17) is 23.2 Å². The molecule has 1 aliphatic heterocycles. The summed E-state index contributed by atoms with van der Waals surface area (Å²) in [7, 11) is 0. The standard InChI is InChI=1S/C22H18Cl2N4O3/c23-16-5-3-15(18(24)14-16)4-8-21(29)27-12-10-26(11-13-27)20-7-6-19(28(30)31)17-2-1-9-25-22(17)20/h1-9,14H,10-13H2. The predicted molar refractivity (Wildman–Crippen MR) is 123 cm³/mol. The average Bonchev–Trinajstić information content (AvgIpc) is 2.77. The molecule has 0 N–H and O–H groups in total. The maximum atomic E-state index is 12.6. The third kappa shape index (κ3) is 4.47. The molecule has 3 aromatic rings. The normalized spacial score (nSPS) is 14.4. The highest BCUT2D eigenvalue weighted by Crippen LogP contribution is 2.32. The fraction of sp³-hybridized carbons (Fsp3) is 0.182. The highest BCUT2D eigenvalue weighted by Gasteiger charge is 2.23. The van der Waals surface area contributed by atoms with Crippen LogP contribution in [0.15, 0.2) is 54.7 Å². The van der Waals surface area contributed by atoms with Gasteiger partial charge in [-0.2, -0.15) is 0 Å². The fourth-order valence-electron chi connectivity index (χ4n) is 3.63. The van der Waals surface area contributed by atoms with Crippen molar-refractivity contribution in [2.45, 2.75) is 0 Å². The van der Waals surface area contributed by atoms with Crippen LogP contribution >= 0.6 is 23.2 Å². The van der Waals surface area contributed by atoms with Crippen LogP contribution in [0.2, 0.25) is 10.0 Å². The second-order valence-electron chi connectivity index (χ2n) is 7.07. The van der Waals surface area contributed by atoms with E-state index in [1.165, 1.54) is 12.1 Å². The number of nitro benzene ring substituents is 1. The van der Waals surface area contributed by atoms with Gasteiger partial charge in [-0.25, -0.2) is 0 Å². The second kappa shape index (κ2) is 8.91. The first-order chi connectivity index (χ1) is 14.9. The summed E-state index contributed by atoms with van der Waals surface area (Å²) in [5, 5.41) is 12.9. The summed E-state index contributed by atoms with van der Waals surface area (Å²) in [6, 6.07) is 11.8. The molecular formula is C22H18Cl2N4O3. The predicted octanol–water partition coefficient (Wildman–Crippen LogP) is 4.81. The van der Waals surface area contributed by atoms with E-state index in [2.05, 4.69) is 9.88 Å². The Labute approximate surface area is 188 Å². The molecule has 4 rings (SSSR count). The first-order valence-electron chi connectivity index (χ1n) is 9.63. The first kappa shape index (κ1) is 21.1. The molecule has 0 bridgehead atoms. The summed E-state index contributed by atoms with van der Waals surface area (Å²) in [6.45, 7) is 2.27. The zero-order chi connectivity index (χ0) is 22.0. The van der Waals surface area contributed by atoms with E-state index in [1.54, 1.807) is 53.6 Å². The number of pyridine rings is 1.